The summed E-state index contributed by atoms with van der Waals surface area (Å²) < 4.78 is 2.38. The highest BCUT2D eigenvalue weighted by atomic mass is 15.1. The van der Waals surface area contributed by atoms with Crippen molar-refractivity contribution in [2.75, 3.05) is 4.90 Å². The van der Waals surface area contributed by atoms with Gasteiger partial charge in [-0.3, -0.25) is 0 Å². The van der Waals surface area contributed by atoms with E-state index in [1.54, 1.807) is 0 Å². The quantitative estimate of drug-likeness (QED) is 0.138. The normalized spacial score (nSPS) is 11.5. The van der Waals surface area contributed by atoms with Crippen molar-refractivity contribution in [2.45, 2.75) is 0 Å². The molecule has 0 saturated carbocycles. The second-order valence-electron chi connectivity index (χ2n) is 17.7. The second kappa shape index (κ2) is 16.5. The lowest BCUT2D eigenvalue weighted by Gasteiger charge is -2.26. The van der Waals surface area contributed by atoms with Gasteiger partial charge in [0, 0.05) is 33.5 Å². The van der Waals surface area contributed by atoms with Crippen LogP contribution in [0.4, 0.5) is 17.1 Å². The Balaban J connectivity index is 0.960. The Labute approximate surface area is 395 Å². The fourth-order valence-electron chi connectivity index (χ4n) is 10.6. The molecule has 13 aromatic rings. The lowest BCUT2D eigenvalue weighted by Crippen LogP contribution is -2.10. The van der Waals surface area contributed by atoms with Crippen LogP contribution in [0.5, 0.6) is 0 Å². The summed E-state index contributed by atoms with van der Waals surface area (Å²) in [5.74, 6) is 0. The van der Waals surface area contributed by atoms with Crippen molar-refractivity contribution in [1.82, 2.24) is 4.57 Å². The molecule has 12 aromatic carbocycles. The van der Waals surface area contributed by atoms with Crippen molar-refractivity contribution in [3.05, 3.63) is 267 Å². The summed E-state index contributed by atoms with van der Waals surface area (Å²) in [6.07, 6.45) is 0. The lowest BCUT2D eigenvalue weighted by molar-refractivity contribution is 1.18. The molecule has 1 heterocycles. The molecule has 0 bridgehead atoms. The first-order valence-electron chi connectivity index (χ1n) is 23.4. The Morgan fingerprint density at radius 3 is 1.37 bits per heavy atom. The van der Waals surface area contributed by atoms with Crippen LogP contribution in [-0.2, 0) is 0 Å². The van der Waals surface area contributed by atoms with Crippen LogP contribution in [-0.4, -0.2) is 4.57 Å². The molecule has 2 nitrogen and oxygen atoms in total. The molecular formula is C66H44N2. The molecule has 0 amide bonds. The molecule has 0 aliphatic heterocycles. The third-order valence-corrected chi connectivity index (χ3v) is 13.7. The molecule has 0 N–H and O–H groups in total. The van der Waals surface area contributed by atoms with Crippen LogP contribution in [0.15, 0.2) is 267 Å². The molecule has 0 aliphatic rings. The van der Waals surface area contributed by atoms with E-state index in [1.165, 1.54) is 98.6 Å². The first-order valence-corrected chi connectivity index (χ1v) is 23.4. The minimum Gasteiger partial charge on any atom is -0.310 e. The molecule has 0 saturated heterocycles. The maximum Gasteiger partial charge on any atom is 0.0542 e. The predicted octanol–water partition coefficient (Wildman–Crippen LogP) is 18.4. The van der Waals surface area contributed by atoms with Crippen LogP contribution in [0.2, 0.25) is 0 Å². The van der Waals surface area contributed by atoms with Crippen LogP contribution in [0.25, 0.3) is 104 Å². The van der Waals surface area contributed by atoms with Gasteiger partial charge in [0.25, 0.3) is 0 Å². The van der Waals surface area contributed by atoms with Gasteiger partial charge < -0.3 is 9.47 Å². The molecule has 0 radical (unpaired) electrons. The minimum atomic E-state index is 1.08. The summed E-state index contributed by atoms with van der Waals surface area (Å²) in [5, 5.41) is 9.88. The van der Waals surface area contributed by atoms with Crippen LogP contribution >= 0.6 is 0 Å². The molecular weight excluding hydrogens is 821 g/mol. The Morgan fingerprint density at radius 1 is 0.235 bits per heavy atom. The van der Waals surface area contributed by atoms with Crippen LogP contribution in [0, 0.1) is 0 Å². The summed E-state index contributed by atoms with van der Waals surface area (Å²) in [6.45, 7) is 0. The van der Waals surface area contributed by atoms with Gasteiger partial charge in [0.2, 0.25) is 0 Å². The summed E-state index contributed by atoms with van der Waals surface area (Å²) in [5.41, 5.74) is 16.5. The molecule has 1 aromatic heterocycles. The highest BCUT2D eigenvalue weighted by molar-refractivity contribution is 6.21. The predicted molar refractivity (Wildman–Crippen MR) is 290 cm³/mol. The van der Waals surface area contributed by atoms with Gasteiger partial charge in [-0.1, -0.05) is 194 Å². The summed E-state index contributed by atoms with van der Waals surface area (Å²) in [6, 6.07) is 97.5. The third-order valence-electron chi connectivity index (χ3n) is 13.7. The van der Waals surface area contributed by atoms with Gasteiger partial charge in [0.15, 0.2) is 0 Å². The number of rotatable bonds is 8. The van der Waals surface area contributed by atoms with E-state index in [2.05, 4.69) is 276 Å². The summed E-state index contributed by atoms with van der Waals surface area (Å²) in [7, 11) is 0. The summed E-state index contributed by atoms with van der Waals surface area (Å²) >= 11 is 0. The highest BCUT2D eigenvalue weighted by Crippen LogP contribution is 2.46. The molecule has 0 atom stereocenters. The number of hydrogen-bond acceptors (Lipinski definition) is 1. The van der Waals surface area contributed by atoms with E-state index in [9.17, 15) is 0 Å². The Morgan fingerprint density at radius 2 is 0.691 bits per heavy atom. The first-order chi connectivity index (χ1) is 33.7. The van der Waals surface area contributed by atoms with Crippen LogP contribution < -0.4 is 4.90 Å². The fraction of sp³-hybridized carbons (Fsp3) is 0. The number of anilines is 3. The molecule has 2 heteroatoms. The van der Waals surface area contributed by atoms with Crippen molar-refractivity contribution >= 4 is 71.2 Å². The van der Waals surface area contributed by atoms with Gasteiger partial charge in [-0.05, 0) is 150 Å². The Bertz CT molecular complexity index is 3940. The van der Waals surface area contributed by atoms with E-state index in [1.807, 2.05) is 0 Å². The van der Waals surface area contributed by atoms with Crippen molar-refractivity contribution < 1.29 is 0 Å². The lowest BCUT2D eigenvalue weighted by atomic mass is 9.85. The molecule has 0 spiro atoms. The van der Waals surface area contributed by atoms with Crippen molar-refractivity contribution in [3.63, 3.8) is 0 Å². The highest BCUT2D eigenvalue weighted by Gasteiger charge is 2.20. The van der Waals surface area contributed by atoms with Gasteiger partial charge in [-0.25, -0.2) is 0 Å². The maximum atomic E-state index is 2.40. The molecule has 318 valence electrons. The smallest absolute Gasteiger partial charge is 0.0542 e. The van der Waals surface area contributed by atoms with E-state index in [4.69, 9.17) is 0 Å². The minimum absolute atomic E-state index is 1.08. The SMILES string of the molecule is c1ccc(-c2cccc(-c3c4ccccc4c(-c4ccc(N(c5ccc(-c6ccc7ccccc7c6)cc5)c5ccc6c(c5)c5ccccc5n6-c5ccccc5)cc4)c4ccccc34)c2)cc1. The topological polar surface area (TPSA) is 8.17 Å². The molecule has 13 rings (SSSR count). The van der Waals surface area contributed by atoms with E-state index in [0.717, 1.165) is 22.7 Å². The zero-order chi connectivity index (χ0) is 45.0. The maximum absolute atomic E-state index is 2.40. The zero-order valence-corrected chi connectivity index (χ0v) is 37.3. The van der Waals surface area contributed by atoms with Crippen LogP contribution in [0.3, 0.4) is 0 Å². The van der Waals surface area contributed by atoms with Gasteiger partial charge in [0.05, 0.1) is 11.0 Å². The number of nitrogens with zero attached hydrogens (tertiary/aromatic N) is 2. The van der Waals surface area contributed by atoms with Gasteiger partial charge in [-0.2, -0.15) is 0 Å². The molecule has 0 fully saturated rings. The number of para-hydroxylation sites is 2. The van der Waals surface area contributed by atoms with E-state index in [0.29, 0.717) is 0 Å². The number of fused-ring (bicyclic) bond motifs is 6. The summed E-state index contributed by atoms with van der Waals surface area (Å²) in [4.78, 5) is 2.40. The van der Waals surface area contributed by atoms with Crippen LogP contribution in [0.1, 0.15) is 0 Å². The average molecular weight is 865 g/mol. The second-order valence-corrected chi connectivity index (χ2v) is 17.7. The van der Waals surface area contributed by atoms with Crippen molar-refractivity contribution in [2.24, 2.45) is 0 Å². The molecule has 68 heavy (non-hydrogen) atoms. The Kier molecular flexibility index (Phi) is 9.54. The standard InChI is InChI=1S/C66H44N2/c1-3-16-45(17-4-1)50-20-15-21-52(43-50)66-60-27-11-9-25-58(60)65(59-26-10-12-28-61(59)66)48-34-38-55(39-35-48)67(54-36-32-47(33-37-54)51-31-30-46-18-7-8-19-49(46)42-51)56-40-41-64-62(44-56)57-24-13-14-29-63(57)68(64)53-22-5-2-6-23-53/h1-44H. The van der Waals surface area contributed by atoms with E-state index < -0.39 is 0 Å². The van der Waals surface area contributed by atoms with Gasteiger partial charge in [0.1, 0.15) is 0 Å². The number of hydrogen-bond donors (Lipinski definition) is 0. The Hall–Kier alpha value is -8.98. The molecule has 0 aliphatic carbocycles. The first kappa shape index (κ1) is 39.4. The van der Waals surface area contributed by atoms with Crippen molar-refractivity contribution in [1.29, 1.82) is 0 Å². The number of aromatic nitrogens is 1. The number of benzene rings is 12. The monoisotopic (exact) mass is 864 g/mol. The van der Waals surface area contributed by atoms with Gasteiger partial charge in [-0.15, -0.1) is 0 Å². The van der Waals surface area contributed by atoms with E-state index in [-0.39, 0.29) is 0 Å². The zero-order valence-electron chi connectivity index (χ0n) is 37.3. The fourth-order valence-corrected chi connectivity index (χ4v) is 10.6. The van der Waals surface area contributed by atoms with Gasteiger partial charge >= 0.3 is 0 Å². The van der Waals surface area contributed by atoms with Crippen molar-refractivity contribution in [3.8, 4) is 50.2 Å². The van der Waals surface area contributed by atoms with E-state index >= 15 is 0 Å². The third kappa shape index (κ3) is 6.73. The largest absolute Gasteiger partial charge is 0.310 e. The average Bonchev–Trinajstić information content (AvgIpc) is 3.75. The molecule has 0 unspecified atom stereocenters.